The summed E-state index contributed by atoms with van der Waals surface area (Å²) in [6.45, 7) is 10.1. The zero-order valence-corrected chi connectivity index (χ0v) is 18.1. The summed E-state index contributed by atoms with van der Waals surface area (Å²) in [5, 5.41) is 7.00. The van der Waals surface area contributed by atoms with Crippen molar-refractivity contribution < 1.29 is 9.90 Å². The number of likely N-dealkylation sites (N-methyl/N-ethyl adjacent to an activating group) is 1. The molecule has 0 aromatic heterocycles. The first-order valence-electron chi connectivity index (χ1n) is 10.6. The van der Waals surface area contributed by atoms with Gasteiger partial charge < -0.3 is 14.9 Å². The Labute approximate surface area is 166 Å². The lowest BCUT2D eigenvalue weighted by molar-refractivity contribution is -0.133. The number of amides is 1. The van der Waals surface area contributed by atoms with Crippen LogP contribution in [-0.2, 0) is 4.79 Å². The Bertz CT molecular complexity index is 520. The first kappa shape index (κ1) is 23.6. The van der Waals surface area contributed by atoms with Crippen LogP contribution in [0.15, 0.2) is 24.3 Å². The third-order valence-corrected chi connectivity index (χ3v) is 5.08. The second kappa shape index (κ2) is 12.9. The summed E-state index contributed by atoms with van der Waals surface area (Å²) in [7, 11) is 3.13. The summed E-state index contributed by atoms with van der Waals surface area (Å²) in [6.07, 6.45) is 5.79. The fraction of sp³-hybridized carbons (Fsp3) is 0.696. The fourth-order valence-electron chi connectivity index (χ4n) is 3.62. The quantitative estimate of drug-likeness (QED) is 0.628. The minimum absolute atomic E-state index is 0.0529. The third-order valence-electron chi connectivity index (χ3n) is 5.08. The van der Waals surface area contributed by atoms with Gasteiger partial charge in [0.15, 0.2) is 0 Å². The number of nitrogens with zero attached hydrogens (tertiary/aromatic N) is 2. The number of hydrogen-bond acceptors (Lipinski definition) is 3. The smallest absolute Gasteiger partial charge is 0.231 e. The highest BCUT2D eigenvalue weighted by atomic mass is 16.2. The van der Waals surface area contributed by atoms with E-state index in [9.17, 15) is 4.79 Å². The van der Waals surface area contributed by atoms with Gasteiger partial charge in [0, 0.05) is 26.7 Å². The van der Waals surface area contributed by atoms with E-state index in [4.69, 9.17) is 5.11 Å². The van der Waals surface area contributed by atoms with Crippen molar-refractivity contribution in [2.24, 2.45) is 0 Å². The summed E-state index contributed by atoms with van der Waals surface area (Å²) in [6, 6.07) is 8.90. The Kier molecular flexibility index (Phi) is 11.3. The second-order valence-electron chi connectivity index (χ2n) is 7.58. The number of carbonyl (C=O) groups excluding carboxylic acids is 1. The van der Waals surface area contributed by atoms with Gasteiger partial charge in [-0.25, -0.2) is 0 Å². The Morgan fingerprint density at radius 1 is 1.00 bits per heavy atom. The molecule has 0 radical (unpaired) electrons. The van der Waals surface area contributed by atoms with Crippen LogP contribution in [0.1, 0.15) is 75.8 Å². The molecule has 154 valence electrons. The summed E-state index contributed by atoms with van der Waals surface area (Å²) in [4.78, 5) is 17.7. The molecule has 1 aromatic carbocycles. The Morgan fingerprint density at radius 2 is 1.52 bits per heavy atom. The third kappa shape index (κ3) is 7.63. The van der Waals surface area contributed by atoms with Gasteiger partial charge in [0.1, 0.15) is 0 Å². The maximum atomic E-state index is 13.3. The predicted octanol–water partition coefficient (Wildman–Crippen LogP) is 4.25. The van der Waals surface area contributed by atoms with Gasteiger partial charge in [-0.1, -0.05) is 45.0 Å². The molecule has 1 amide bonds. The van der Waals surface area contributed by atoms with E-state index < -0.39 is 0 Å². The molecule has 2 rings (SSSR count). The molecule has 1 aromatic rings. The molecule has 4 nitrogen and oxygen atoms in total. The average molecular weight is 377 g/mol. The molecule has 1 aliphatic rings. The van der Waals surface area contributed by atoms with Gasteiger partial charge >= 0.3 is 0 Å². The number of aliphatic hydroxyl groups is 1. The van der Waals surface area contributed by atoms with Crippen LogP contribution in [-0.4, -0.2) is 61.2 Å². The van der Waals surface area contributed by atoms with E-state index in [0.29, 0.717) is 5.91 Å². The summed E-state index contributed by atoms with van der Waals surface area (Å²) >= 11 is 0. The lowest BCUT2D eigenvalue weighted by atomic mass is 9.94. The first-order chi connectivity index (χ1) is 13.1. The van der Waals surface area contributed by atoms with Crippen molar-refractivity contribution in [2.45, 2.75) is 64.7 Å². The SMILES string of the molecule is CCCN(C)CC(C(=O)N(CCC)CCC)c1ccc(C2CC2)cc1.CO. The summed E-state index contributed by atoms with van der Waals surface area (Å²) in [5.41, 5.74) is 2.62. The Morgan fingerprint density at radius 3 is 1.96 bits per heavy atom. The maximum absolute atomic E-state index is 13.3. The second-order valence-corrected chi connectivity index (χ2v) is 7.58. The minimum Gasteiger partial charge on any atom is -0.400 e. The average Bonchev–Trinajstić information content (AvgIpc) is 3.53. The molecule has 0 aliphatic heterocycles. The zero-order valence-electron chi connectivity index (χ0n) is 18.1. The van der Waals surface area contributed by atoms with Crippen LogP contribution < -0.4 is 0 Å². The molecule has 1 atom stereocenters. The van der Waals surface area contributed by atoms with Crippen molar-refractivity contribution in [1.29, 1.82) is 0 Å². The zero-order chi connectivity index (χ0) is 20.2. The maximum Gasteiger partial charge on any atom is 0.231 e. The monoisotopic (exact) mass is 376 g/mol. The van der Waals surface area contributed by atoms with Gasteiger partial charge in [-0.2, -0.15) is 0 Å². The number of benzene rings is 1. The van der Waals surface area contributed by atoms with Crippen LogP contribution in [0, 0.1) is 0 Å². The van der Waals surface area contributed by atoms with Crippen LogP contribution in [0.4, 0.5) is 0 Å². The van der Waals surface area contributed by atoms with Crippen LogP contribution in [0.2, 0.25) is 0 Å². The van der Waals surface area contributed by atoms with E-state index >= 15 is 0 Å². The van der Waals surface area contributed by atoms with E-state index in [-0.39, 0.29) is 5.92 Å². The highest BCUT2D eigenvalue weighted by Gasteiger charge is 2.28. The molecular weight excluding hydrogens is 336 g/mol. The number of aliphatic hydroxyl groups excluding tert-OH is 1. The fourth-order valence-corrected chi connectivity index (χ4v) is 3.62. The highest BCUT2D eigenvalue weighted by molar-refractivity contribution is 5.84. The first-order valence-corrected chi connectivity index (χ1v) is 10.6. The summed E-state index contributed by atoms with van der Waals surface area (Å²) < 4.78 is 0. The Balaban J connectivity index is 0.00000176. The Hall–Kier alpha value is -1.39. The normalized spacial score (nSPS) is 14.5. The van der Waals surface area contributed by atoms with E-state index in [2.05, 4.69) is 61.9 Å². The van der Waals surface area contributed by atoms with Crippen LogP contribution in [0.5, 0.6) is 0 Å². The van der Waals surface area contributed by atoms with Gasteiger partial charge in [-0.05, 0) is 62.7 Å². The van der Waals surface area contributed by atoms with Crippen molar-refractivity contribution >= 4 is 5.91 Å². The van der Waals surface area contributed by atoms with E-state index in [1.165, 1.54) is 24.0 Å². The largest absolute Gasteiger partial charge is 0.400 e. The molecule has 0 spiro atoms. The molecule has 0 saturated heterocycles. The van der Waals surface area contributed by atoms with E-state index in [1.54, 1.807) is 0 Å². The van der Waals surface area contributed by atoms with Gasteiger partial charge in [0.05, 0.1) is 5.92 Å². The van der Waals surface area contributed by atoms with Crippen molar-refractivity contribution in [1.82, 2.24) is 9.80 Å². The lowest BCUT2D eigenvalue weighted by Crippen LogP contribution is -2.40. The van der Waals surface area contributed by atoms with E-state index in [0.717, 1.165) is 58.5 Å². The molecule has 1 saturated carbocycles. The molecule has 1 unspecified atom stereocenters. The minimum atomic E-state index is -0.0529. The lowest BCUT2D eigenvalue weighted by Gasteiger charge is -2.30. The predicted molar refractivity (Wildman–Crippen MR) is 114 cm³/mol. The standard InChI is InChI=1S/C22H36N2O.CH4O/c1-5-14-23(4)17-21(22(25)24(15-6-2)16-7-3)20-12-10-19(11-13-20)18-8-9-18;1-2/h10-13,18,21H,5-9,14-17H2,1-4H3;2H,1H3. The van der Waals surface area contributed by atoms with Crippen molar-refractivity contribution in [2.75, 3.05) is 40.3 Å². The highest BCUT2D eigenvalue weighted by Crippen LogP contribution is 2.40. The number of rotatable bonds is 11. The molecule has 0 heterocycles. The van der Waals surface area contributed by atoms with Gasteiger partial charge in [0.25, 0.3) is 0 Å². The molecule has 1 fully saturated rings. The van der Waals surface area contributed by atoms with E-state index in [1.807, 2.05) is 0 Å². The van der Waals surface area contributed by atoms with Crippen LogP contribution in [0.25, 0.3) is 0 Å². The van der Waals surface area contributed by atoms with Crippen molar-refractivity contribution in [3.8, 4) is 0 Å². The molecular formula is C23H40N2O2. The topological polar surface area (TPSA) is 43.8 Å². The summed E-state index contributed by atoms with van der Waals surface area (Å²) in [5.74, 6) is 1.01. The molecule has 4 heteroatoms. The molecule has 0 bridgehead atoms. The van der Waals surface area contributed by atoms with Gasteiger partial charge in [-0.3, -0.25) is 4.79 Å². The number of hydrogen-bond donors (Lipinski definition) is 1. The van der Waals surface area contributed by atoms with Gasteiger partial charge in [-0.15, -0.1) is 0 Å². The van der Waals surface area contributed by atoms with Gasteiger partial charge in [0.2, 0.25) is 5.91 Å². The van der Waals surface area contributed by atoms with Crippen LogP contribution in [0.3, 0.4) is 0 Å². The number of carbonyl (C=O) groups is 1. The van der Waals surface area contributed by atoms with Crippen LogP contribution >= 0.6 is 0 Å². The molecule has 1 N–H and O–H groups in total. The molecule has 27 heavy (non-hydrogen) atoms. The molecule has 1 aliphatic carbocycles. The van der Waals surface area contributed by atoms with Crippen molar-refractivity contribution in [3.05, 3.63) is 35.4 Å². The van der Waals surface area contributed by atoms with Crippen molar-refractivity contribution in [3.63, 3.8) is 0 Å².